The van der Waals surface area contributed by atoms with Crippen molar-refractivity contribution in [3.05, 3.63) is 47.3 Å². The summed E-state index contributed by atoms with van der Waals surface area (Å²) in [5, 5.41) is 4.63. The van der Waals surface area contributed by atoms with Gasteiger partial charge in [-0.15, -0.1) is 0 Å². The van der Waals surface area contributed by atoms with Gasteiger partial charge in [0.1, 0.15) is 11.9 Å². The van der Waals surface area contributed by atoms with E-state index >= 15 is 0 Å². The van der Waals surface area contributed by atoms with Crippen LogP contribution in [0, 0.1) is 0 Å². The third-order valence-corrected chi connectivity index (χ3v) is 3.97. The van der Waals surface area contributed by atoms with Gasteiger partial charge in [0, 0.05) is 42.2 Å². The quantitative estimate of drug-likeness (QED) is 0.875. The third kappa shape index (κ3) is 2.56. The molecule has 0 amide bonds. The van der Waals surface area contributed by atoms with Gasteiger partial charge in [-0.3, -0.25) is 4.68 Å². The first kappa shape index (κ1) is 14.1. The Morgan fingerprint density at radius 2 is 1.95 bits per heavy atom. The minimum atomic E-state index is -0.0298. The number of aryl methyl sites for hydroxylation is 1. The van der Waals surface area contributed by atoms with E-state index in [0.717, 1.165) is 29.0 Å². The Morgan fingerprint density at radius 3 is 2.67 bits per heavy atom. The molecule has 1 unspecified atom stereocenters. The zero-order valence-corrected chi connectivity index (χ0v) is 13.1. The lowest BCUT2D eigenvalue weighted by atomic mass is 9.85. The van der Waals surface area contributed by atoms with Crippen LogP contribution in [0.15, 0.2) is 30.5 Å². The second-order valence-corrected chi connectivity index (χ2v) is 6.84. The highest BCUT2D eigenvalue weighted by molar-refractivity contribution is 5.39. The Hall–Kier alpha value is -1.81. The van der Waals surface area contributed by atoms with Crippen molar-refractivity contribution in [2.75, 3.05) is 0 Å². The fraction of sp³-hybridized carbons (Fsp3) is 0.471. The van der Waals surface area contributed by atoms with Crippen molar-refractivity contribution in [1.82, 2.24) is 9.78 Å². The van der Waals surface area contributed by atoms with Crippen molar-refractivity contribution >= 4 is 0 Å². The van der Waals surface area contributed by atoms with Crippen LogP contribution in [0.25, 0.3) is 0 Å². The van der Waals surface area contributed by atoms with Crippen molar-refractivity contribution in [1.29, 1.82) is 0 Å². The van der Waals surface area contributed by atoms with E-state index in [2.05, 4.69) is 32.1 Å². The van der Waals surface area contributed by atoms with Gasteiger partial charge in [-0.2, -0.15) is 5.10 Å². The van der Waals surface area contributed by atoms with Crippen molar-refractivity contribution in [2.24, 2.45) is 12.8 Å². The van der Waals surface area contributed by atoms with E-state index < -0.39 is 0 Å². The molecule has 21 heavy (non-hydrogen) atoms. The smallest absolute Gasteiger partial charge is 0.129 e. The summed E-state index contributed by atoms with van der Waals surface area (Å²) in [4.78, 5) is 0. The molecule has 1 aliphatic heterocycles. The number of hydrogen-bond acceptors (Lipinski definition) is 3. The molecule has 4 nitrogen and oxygen atoms in total. The average Bonchev–Trinajstić information content (AvgIpc) is 2.81. The topological polar surface area (TPSA) is 53.1 Å². The van der Waals surface area contributed by atoms with E-state index in [0.29, 0.717) is 0 Å². The SMILES string of the molecule is Cn1cc(C2C[C@@H](N)c3ccccc3O2)c(C(C)(C)C)n1. The largest absolute Gasteiger partial charge is 0.485 e. The first-order valence-electron chi connectivity index (χ1n) is 7.41. The Kier molecular flexibility index (Phi) is 3.29. The molecule has 2 N–H and O–H groups in total. The molecule has 2 heterocycles. The molecule has 0 aliphatic carbocycles. The van der Waals surface area contributed by atoms with Crippen LogP contribution in [-0.4, -0.2) is 9.78 Å². The fourth-order valence-corrected chi connectivity index (χ4v) is 2.97. The summed E-state index contributed by atoms with van der Waals surface area (Å²) in [7, 11) is 1.95. The molecule has 0 bridgehead atoms. The van der Waals surface area contributed by atoms with Gasteiger partial charge in [0.05, 0.1) is 5.69 Å². The van der Waals surface area contributed by atoms with Crippen LogP contribution in [-0.2, 0) is 12.5 Å². The minimum absolute atomic E-state index is 0.00738. The lowest BCUT2D eigenvalue weighted by molar-refractivity contribution is 0.159. The second-order valence-electron chi connectivity index (χ2n) is 6.84. The number of nitrogens with zero attached hydrogens (tertiary/aromatic N) is 2. The van der Waals surface area contributed by atoms with Crippen LogP contribution in [0.3, 0.4) is 0 Å². The Morgan fingerprint density at radius 1 is 1.24 bits per heavy atom. The summed E-state index contributed by atoms with van der Waals surface area (Å²) in [5.74, 6) is 0.893. The number of fused-ring (bicyclic) bond motifs is 1. The van der Waals surface area contributed by atoms with Crippen LogP contribution in [0.4, 0.5) is 0 Å². The van der Waals surface area contributed by atoms with Gasteiger partial charge in [0.15, 0.2) is 0 Å². The van der Waals surface area contributed by atoms with Crippen LogP contribution in [0.5, 0.6) is 5.75 Å². The zero-order chi connectivity index (χ0) is 15.2. The van der Waals surface area contributed by atoms with E-state index in [4.69, 9.17) is 10.5 Å². The van der Waals surface area contributed by atoms with Crippen molar-refractivity contribution in [3.63, 3.8) is 0 Å². The third-order valence-electron chi connectivity index (χ3n) is 3.97. The monoisotopic (exact) mass is 285 g/mol. The van der Waals surface area contributed by atoms with E-state index in [1.165, 1.54) is 0 Å². The van der Waals surface area contributed by atoms with E-state index in [-0.39, 0.29) is 17.6 Å². The molecule has 0 saturated carbocycles. The second kappa shape index (κ2) is 4.88. The standard InChI is InChI=1S/C17H23N3O/c1-17(2,3)16-12(10-20(4)19-16)15-9-13(18)11-7-5-6-8-14(11)21-15/h5-8,10,13,15H,9,18H2,1-4H3/t13-,15?/m1/s1. The molecule has 4 heteroatoms. The summed E-state index contributed by atoms with van der Waals surface area (Å²) in [5.41, 5.74) is 9.65. The van der Waals surface area contributed by atoms with E-state index in [1.807, 2.05) is 36.0 Å². The molecule has 1 aromatic carbocycles. The normalized spacial score (nSPS) is 21.8. The Labute approximate surface area is 125 Å². The lowest BCUT2D eigenvalue weighted by Gasteiger charge is -2.31. The van der Waals surface area contributed by atoms with E-state index in [9.17, 15) is 0 Å². The maximum absolute atomic E-state index is 6.33. The Bertz CT molecular complexity index is 654. The van der Waals surface area contributed by atoms with Crippen LogP contribution in [0.1, 0.15) is 56.2 Å². The van der Waals surface area contributed by atoms with Gasteiger partial charge in [0.2, 0.25) is 0 Å². The predicted molar refractivity (Wildman–Crippen MR) is 83.3 cm³/mol. The molecule has 0 saturated heterocycles. The van der Waals surface area contributed by atoms with Crippen LogP contribution < -0.4 is 10.5 Å². The number of benzene rings is 1. The van der Waals surface area contributed by atoms with E-state index in [1.54, 1.807) is 0 Å². The molecule has 1 aliphatic rings. The molecular formula is C17H23N3O. The highest BCUT2D eigenvalue weighted by Crippen LogP contribution is 2.41. The fourth-order valence-electron chi connectivity index (χ4n) is 2.97. The van der Waals surface area contributed by atoms with Gasteiger partial charge in [-0.05, 0) is 6.07 Å². The van der Waals surface area contributed by atoms with Gasteiger partial charge in [-0.25, -0.2) is 0 Å². The molecule has 0 radical (unpaired) electrons. The lowest BCUT2D eigenvalue weighted by Crippen LogP contribution is -2.26. The molecular weight excluding hydrogens is 262 g/mol. The first-order valence-corrected chi connectivity index (χ1v) is 7.41. The van der Waals surface area contributed by atoms with Crippen LogP contribution in [0.2, 0.25) is 0 Å². The minimum Gasteiger partial charge on any atom is -0.485 e. The molecule has 0 spiro atoms. The van der Waals surface area contributed by atoms with Gasteiger partial charge in [-0.1, -0.05) is 39.0 Å². The number of para-hydroxylation sites is 1. The molecule has 2 aromatic rings. The highest BCUT2D eigenvalue weighted by Gasteiger charge is 2.32. The summed E-state index contributed by atoms with van der Waals surface area (Å²) >= 11 is 0. The van der Waals surface area contributed by atoms with Crippen molar-refractivity contribution in [3.8, 4) is 5.75 Å². The van der Waals surface area contributed by atoms with Gasteiger partial charge in [0.25, 0.3) is 0 Å². The number of rotatable bonds is 1. The molecule has 1 aromatic heterocycles. The van der Waals surface area contributed by atoms with Gasteiger partial charge >= 0.3 is 0 Å². The summed E-state index contributed by atoms with van der Waals surface area (Å²) in [6.45, 7) is 6.53. The molecule has 2 atom stereocenters. The Balaban J connectivity index is 2.00. The number of hydrogen-bond donors (Lipinski definition) is 1. The van der Waals surface area contributed by atoms with Crippen molar-refractivity contribution in [2.45, 2.75) is 44.8 Å². The average molecular weight is 285 g/mol. The first-order chi connectivity index (χ1) is 9.86. The maximum Gasteiger partial charge on any atom is 0.129 e. The predicted octanol–water partition coefficient (Wildman–Crippen LogP) is 3.24. The van der Waals surface area contributed by atoms with Crippen molar-refractivity contribution < 1.29 is 4.74 Å². The molecule has 0 fully saturated rings. The van der Waals surface area contributed by atoms with Gasteiger partial charge < -0.3 is 10.5 Å². The van der Waals surface area contributed by atoms with Crippen LogP contribution >= 0.6 is 0 Å². The summed E-state index contributed by atoms with van der Waals surface area (Å²) in [6, 6.07) is 8.04. The number of nitrogens with two attached hydrogens (primary N) is 1. The number of aromatic nitrogens is 2. The maximum atomic E-state index is 6.33. The zero-order valence-electron chi connectivity index (χ0n) is 13.1. The molecule has 3 rings (SSSR count). The number of ether oxygens (including phenoxy) is 1. The summed E-state index contributed by atoms with van der Waals surface area (Å²) in [6.07, 6.45) is 2.82. The molecule has 112 valence electrons. The summed E-state index contributed by atoms with van der Waals surface area (Å²) < 4.78 is 8.07. The highest BCUT2D eigenvalue weighted by atomic mass is 16.5.